The average molecular weight is 382 g/mol. The number of amides is 1. The van der Waals surface area contributed by atoms with Crippen molar-refractivity contribution in [2.45, 2.75) is 25.5 Å². The summed E-state index contributed by atoms with van der Waals surface area (Å²) in [5.41, 5.74) is 1.86. The predicted molar refractivity (Wildman–Crippen MR) is 98.0 cm³/mol. The van der Waals surface area contributed by atoms with E-state index in [2.05, 4.69) is 5.32 Å². The molecule has 0 aliphatic carbocycles. The van der Waals surface area contributed by atoms with E-state index in [0.717, 1.165) is 11.1 Å². The Labute approximate surface area is 152 Å². The fraction of sp³-hybridized carbons (Fsp3) is 0.278. The molecule has 0 fully saturated rings. The summed E-state index contributed by atoms with van der Waals surface area (Å²) in [5, 5.41) is 2.72. The molecule has 2 rings (SSSR count). The first kappa shape index (κ1) is 19.3. The Morgan fingerprint density at radius 2 is 1.56 bits per heavy atom. The highest BCUT2D eigenvalue weighted by Crippen LogP contribution is 2.10. The molecule has 1 amide bonds. The zero-order valence-corrected chi connectivity index (χ0v) is 15.2. The normalized spacial score (nSPS) is 12.4. The second kappa shape index (κ2) is 9.44. The van der Waals surface area contributed by atoms with Gasteiger partial charge in [-0.2, -0.15) is 0 Å². The van der Waals surface area contributed by atoms with Crippen LogP contribution in [0.2, 0.25) is 0 Å². The molecule has 0 saturated heterocycles. The van der Waals surface area contributed by atoms with Crippen LogP contribution in [0.25, 0.3) is 0 Å². The standard InChI is InChI=1S/C18H20ClNO4S/c19-25(22,23)12-11-17(13-15-7-3-1-4-8-15)20-18(21)24-14-16-9-5-2-6-10-16/h1-10,17H,11-14H2,(H,20,21). The number of carbonyl (C=O) groups is 1. The van der Waals surface area contributed by atoms with Gasteiger partial charge in [-0.25, -0.2) is 13.2 Å². The van der Waals surface area contributed by atoms with Gasteiger partial charge in [0.15, 0.2) is 0 Å². The molecule has 5 nitrogen and oxygen atoms in total. The molecule has 1 unspecified atom stereocenters. The van der Waals surface area contributed by atoms with Crippen LogP contribution in [0, 0.1) is 0 Å². The van der Waals surface area contributed by atoms with Gasteiger partial charge in [0.1, 0.15) is 6.61 Å². The second-order valence-corrected chi connectivity index (χ2v) is 8.52. The van der Waals surface area contributed by atoms with Crippen LogP contribution >= 0.6 is 10.7 Å². The molecular formula is C18H20ClNO4S. The van der Waals surface area contributed by atoms with E-state index in [0.29, 0.717) is 6.42 Å². The highest BCUT2D eigenvalue weighted by molar-refractivity contribution is 8.13. The molecule has 0 aliphatic heterocycles. The molecule has 2 aromatic carbocycles. The summed E-state index contributed by atoms with van der Waals surface area (Å²) < 4.78 is 27.6. The number of hydrogen-bond acceptors (Lipinski definition) is 4. The van der Waals surface area contributed by atoms with Crippen molar-refractivity contribution in [1.82, 2.24) is 5.32 Å². The molecule has 0 radical (unpaired) electrons. The van der Waals surface area contributed by atoms with Crippen molar-refractivity contribution >= 4 is 25.8 Å². The highest BCUT2D eigenvalue weighted by atomic mass is 35.7. The topological polar surface area (TPSA) is 72.5 Å². The number of halogens is 1. The van der Waals surface area contributed by atoms with Crippen molar-refractivity contribution in [2.24, 2.45) is 0 Å². The van der Waals surface area contributed by atoms with Gasteiger partial charge in [-0.3, -0.25) is 0 Å². The third-order valence-electron chi connectivity index (χ3n) is 3.57. The minimum absolute atomic E-state index is 0.151. The largest absolute Gasteiger partial charge is 0.445 e. The van der Waals surface area contributed by atoms with E-state index in [1.165, 1.54) is 0 Å². The summed E-state index contributed by atoms with van der Waals surface area (Å²) in [6, 6.07) is 18.4. The van der Waals surface area contributed by atoms with E-state index in [-0.39, 0.29) is 24.8 Å². The Bertz CT molecular complexity index is 766. The van der Waals surface area contributed by atoms with Crippen LogP contribution in [0.5, 0.6) is 0 Å². The SMILES string of the molecule is O=C(NC(CCS(=O)(=O)Cl)Cc1ccccc1)OCc1ccccc1. The molecular weight excluding hydrogens is 362 g/mol. The molecule has 0 bridgehead atoms. The van der Waals surface area contributed by atoms with Gasteiger partial charge in [-0.05, 0) is 24.0 Å². The fourth-order valence-corrected chi connectivity index (χ4v) is 3.17. The van der Waals surface area contributed by atoms with Gasteiger partial charge in [0.2, 0.25) is 9.05 Å². The summed E-state index contributed by atoms with van der Waals surface area (Å²) in [6.45, 7) is 0.151. The predicted octanol–water partition coefficient (Wildman–Crippen LogP) is 3.48. The van der Waals surface area contributed by atoms with Gasteiger partial charge in [0, 0.05) is 16.7 Å². The van der Waals surface area contributed by atoms with Gasteiger partial charge >= 0.3 is 6.09 Å². The summed E-state index contributed by atoms with van der Waals surface area (Å²) in [5.74, 6) is -0.217. The van der Waals surface area contributed by atoms with E-state index in [4.69, 9.17) is 15.4 Å². The quantitative estimate of drug-likeness (QED) is 0.710. The molecule has 7 heteroatoms. The lowest BCUT2D eigenvalue weighted by atomic mass is 10.0. The van der Waals surface area contributed by atoms with Gasteiger partial charge in [0.25, 0.3) is 0 Å². The number of carbonyl (C=O) groups excluding carboxylic acids is 1. The molecule has 1 atom stereocenters. The van der Waals surface area contributed by atoms with Crippen LogP contribution in [0.1, 0.15) is 17.5 Å². The van der Waals surface area contributed by atoms with Crippen LogP contribution in [0.15, 0.2) is 60.7 Å². The maximum Gasteiger partial charge on any atom is 0.407 e. The third kappa shape index (κ3) is 8.05. The maximum absolute atomic E-state index is 12.0. The minimum atomic E-state index is -3.62. The Kier molecular flexibility index (Phi) is 7.28. The molecule has 0 aromatic heterocycles. The monoisotopic (exact) mass is 381 g/mol. The number of benzene rings is 2. The first-order chi connectivity index (χ1) is 11.9. The maximum atomic E-state index is 12.0. The van der Waals surface area contributed by atoms with Crippen LogP contribution < -0.4 is 5.32 Å². The van der Waals surface area contributed by atoms with Crippen molar-refractivity contribution in [3.05, 3.63) is 71.8 Å². The van der Waals surface area contributed by atoms with E-state index in [1.807, 2.05) is 60.7 Å². The Balaban J connectivity index is 1.92. The average Bonchev–Trinajstić information content (AvgIpc) is 2.59. The van der Waals surface area contributed by atoms with Crippen LogP contribution in [0.3, 0.4) is 0 Å². The number of hydrogen-bond donors (Lipinski definition) is 1. The fourth-order valence-electron chi connectivity index (χ4n) is 2.34. The van der Waals surface area contributed by atoms with E-state index in [1.54, 1.807) is 0 Å². The highest BCUT2D eigenvalue weighted by Gasteiger charge is 2.17. The number of alkyl carbamates (subject to hydrolysis) is 1. The van der Waals surface area contributed by atoms with E-state index >= 15 is 0 Å². The van der Waals surface area contributed by atoms with Gasteiger partial charge < -0.3 is 10.1 Å². The molecule has 2 aromatic rings. The number of rotatable bonds is 8. The molecule has 0 aliphatic rings. The molecule has 1 N–H and O–H groups in total. The Morgan fingerprint density at radius 1 is 1.00 bits per heavy atom. The summed E-state index contributed by atoms with van der Waals surface area (Å²) >= 11 is 0. The Hall–Kier alpha value is -2.05. The lowest BCUT2D eigenvalue weighted by Gasteiger charge is -2.18. The van der Waals surface area contributed by atoms with E-state index in [9.17, 15) is 13.2 Å². The van der Waals surface area contributed by atoms with Crippen LogP contribution in [-0.2, 0) is 26.8 Å². The number of nitrogens with one attached hydrogen (secondary N) is 1. The van der Waals surface area contributed by atoms with Crippen molar-refractivity contribution in [3.63, 3.8) is 0 Å². The summed E-state index contributed by atoms with van der Waals surface area (Å²) in [4.78, 5) is 12.0. The van der Waals surface area contributed by atoms with Crippen molar-refractivity contribution in [1.29, 1.82) is 0 Å². The van der Waals surface area contributed by atoms with Gasteiger partial charge in [0.05, 0.1) is 5.75 Å². The number of ether oxygens (including phenoxy) is 1. The first-order valence-electron chi connectivity index (χ1n) is 7.86. The van der Waals surface area contributed by atoms with Gasteiger partial charge in [-0.1, -0.05) is 60.7 Å². The third-order valence-corrected chi connectivity index (χ3v) is 4.76. The zero-order valence-electron chi connectivity index (χ0n) is 13.6. The molecule has 0 spiro atoms. The van der Waals surface area contributed by atoms with Crippen molar-refractivity contribution in [3.8, 4) is 0 Å². The zero-order chi connectivity index (χ0) is 18.1. The van der Waals surface area contributed by atoms with Crippen molar-refractivity contribution in [2.75, 3.05) is 5.75 Å². The first-order valence-corrected chi connectivity index (χ1v) is 10.3. The van der Waals surface area contributed by atoms with Crippen LogP contribution in [-0.4, -0.2) is 26.3 Å². The Morgan fingerprint density at radius 3 is 2.12 bits per heavy atom. The molecule has 0 saturated carbocycles. The van der Waals surface area contributed by atoms with E-state index < -0.39 is 15.1 Å². The lowest BCUT2D eigenvalue weighted by Crippen LogP contribution is -2.37. The minimum Gasteiger partial charge on any atom is -0.445 e. The van der Waals surface area contributed by atoms with Crippen molar-refractivity contribution < 1.29 is 17.9 Å². The summed E-state index contributed by atoms with van der Waals surface area (Å²) in [7, 11) is 1.66. The summed E-state index contributed by atoms with van der Waals surface area (Å²) in [6.07, 6.45) is 0.117. The van der Waals surface area contributed by atoms with Crippen LogP contribution in [0.4, 0.5) is 4.79 Å². The second-order valence-electron chi connectivity index (χ2n) is 5.62. The molecule has 134 valence electrons. The smallest absolute Gasteiger partial charge is 0.407 e. The lowest BCUT2D eigenvalue weighted by molar-refractivity contribution is 0.135. The van der Waals surface area contributed by atoms with Gasteiger partial charge in [-0.15, -0.1) is 0 Å². The molecule has 0 heterocycles. The molecule has 25 heavy (non-hydrogen) atoms.